The van der Waals surface area contributed by atoms with Gasteiger partial charge >= 0.3 is 0 Å². The number of nitrogens with one attached hydrogen (secondary N) is 2. The van der Waals surface area contributed by atoms with Gasteiger partial charge in [0.25, 0.3) is 0 Å². The number of H-pyrrole nitrogens is 1. The van der Waals surface area contributed by atoms with Gasteiger partial charge in [0.2, 0.25) is 5.91 Å². The normalized spacial score (nSPS) is 11.6. The number of carbonyl (C=O) groups excluding carboxylic acids is 1. The zero-order valence-corrected chi connectivity index (χ0v) is 12.1. The monoisotopic (exact) mass is 251 g/mol. The van der Waals surface area contributed by atoms with Crippen LogP contribution in [0, 0.1) is 17.8 Å². The topological polar surface area (TPSA) is 57.8 Å². The minimum absolute atomic E-state index is 0.0244. The summed E-state index contributed by atoms with van der Waals surface area (Å²) in [5.41, 5.74) is 1.07. The van der Waals surface area contributed by atoms with Gasteiger partial charge in [-0.3, -0.25) is 9.89 Å². The Hall–Kier alpha value is -1.32. The number of aryl methyl sites for hydroxylation is 1. The summed E-state index contributed by atoms with van der Waals surface area (Å²) in [6.45, 7) is 10.4. The molecule has 0 aromatic carbocycles. The lowest BCUT2D eigenvalue weighted by atomic mass is 9.85. The van der Waals surface area contributed by atoms with Crippen LogP contribution in [0.2, 0.25) is 0 Å². The van der Waals surface area contributed by atoms with Crippen molar-refractivity contribution in [3.8, 4) is 0 Å². The summed E-state index contributed by atoms with van der Waals surface area (Å²) >= 11 is 0. The van der Waals surface area contributed by atoms with Crippen molar-refractivity contribution in [3.63, 3.8) is 0 Å². The molecular formula is C14H25N3O. The number of carbonyl (C=O) groups is 1. The highest BCUT2D eigenvalue weighted by molar-refractivity contribution is 5.92. The molecule has 0 bridgehead atoms. The Morgan fingerprint density at radius 1 is 1.33 bits per heavy atom. The van der Waals surface area contributed by atoms with E-state index in [-0.39, 0.29) is 11.8 Å². The molecule has 2 N–H and O–H groups in total. The maximum atomic E-state index is 12.2. The highest BCUT2D eigenvalue weighted by Gasteiger charge is 2.25. The molecule has 0 aliphatic rings. The van der Waals surface area contributed by atoms with Gasteiger partial charge < -0.3 is 5.32 Å². The summed E-state index contributed by atoms with van der Waals surface area (Å²) in [5, 5.41) is 9.97. The van der Waals surface area contributed by atoms with E-state index in [4.69, 9.17) is 0 Å². The molecule has 0 saturated carbocycles. The smallest absolute Gasteiger partial charge is 0.229 e. The van der Waals surface area contributed by atoms with Crippen LogP contribution in [0.1, 0.15) is 46.7 Å². The number of aromatic nitrogens is 2. The van der Waals surface area contributed by atoms with Crippen LogP contribution in [0.15, 0.2) is 6.07 Å². The predicted octanol–water partition coefficient (Wildman–Crippen LogP) is 3.23. The first-order valence-corrected chi connectivity index (χ1v) is 6.80. The van der Waals surface area contributed by atoms with E-state index in [1.807, 2.05) is 6.07 Å². The minimum atomic E-state index is 0.0244. The van der Waals surface area contributed by atoms with Crippen LogP contribution in [0.4, 0.5) is 5.82 Å². The van der Waals surface area contributed by atoms with Gasteiger partial charge in [0.15, 0.2) is 5.82 Å². The number of nitrogens with zero attached hydrogens (tertiary/aromatic N) is 1. The molecular weight excluding hydrogens is 226 g/mol. The molecule has 0 fully saturated rings. The first kappa shape index (κ1) is 14.7. The third-order valence-corrected chi connectivity index (χ3v) is 3.14. The number of aromatic amines is 1. The van der Waals surface area contributed by atoms with Gasteiger partial charge in [-0.15, -0.1) is 0 Å². The third kappa shape index (κ3) is 3.86. The summed E-state index contributed by atoms with van der Waals surface area (Å²) in [6, 6.07) is 1.92. The Morgan fingerprint density at radius 3 is 2.44 bits per heavy atom. The first-order chi connectivity index (χ1) is 8.45. The molecule has 1 heterocycles. The molecule has 0 saturated heterocycles. The van der Waals surface area contributed by atoms with Crippen molar-refractivity contribution in [2.24, 2.45) is 17.8 Å². The van der Waals surface area contributed by atoms with Crippen LogP contribution in [-0.4, -0.2) is 16.1 Å². The lowest BCUT2D eigenvalue weighted by molar-refractivity contribution is -0.122. The summed E-state index contributed by atoms with van der Waals surface area (Å²) in [4.78, 5) is 12.2. The van der Waals surface area contributed by atoms with Crippen LogP contribution < -0.4 is 5.32 Å². The molecule has 1 amide bonds. The first-order valence-electron chi connectivity index (χ1n) is 6.80. The molecule has 4 nitrogen and oxygen atoms in total. The van der Waals surface area contributed by atoms with Gasteiger partial charge in [-0.2, -0.15) is 5.10 Å². The molecule has 0 aliphatic heterocycles. The van der Waals surface area contributed by atoms with E-state index in [0.717, 1.165) is 18.5 Å². The van der Waals surface area contributed by atoms with Crippen molar-refractivity contribution in [2.75, 3.05) is 5.32 Å². The van der Waals surface area contributed by atoms with Gasteiger partial charge in [-0.05, 0) is 18.3 Å². The lowest BCUT2D eigenvalue weighted by Gasteiger charge is -2.23. The van der Waals surface area contributed by atoms with Crippen molar-refractivity contribution in [3.05, 3.63) is 11.8 Å². The molecule has 102 valence electrons. The number of amides is 1. The van der Waals surface area contributed by atoms with E-state index in [2.05, 4.69) is 50.1 Å². The molecule has 1 aromatic heterocycles. The average Bonchev–Trinajstić information content (AvgIpc) is 2.64. The lowest BCUT2D eigenvalue weighted by Crippen LogP contribution is -2.31. The summed E-state index contributed by atoms with van der Waals surface area (Å²) in [7, 11) is 0. The fourth-order valence-electron chi connectivity index (χ4n) is 2.41. The van der Waals surface area contributed by atoms with Crippen molar-refractivity contribution in [1.29, 1.82) is 0 Å². The number of anilines is 1. The van der Waals surface area contributed by atoms with Crippen LogP contribution in [0.3, 0.4) is 0 Å². The van der Waals surface area contributed by atoms with Crippen LogP contribution in [0.25, 0.3) is 0 Å². The van der Waals surface area contributed by atoms with Crippen LogP contribution in [-0.2, 0) is 11.2 Å². The highest BCUT2D eigenvalue weighted by atomic mass is 16.2. The number of hydrogen-bond donors (Lipinski definition) is 2. The Morgan fingerprint density at radius 2 is 1.94 bits per heavy atom. The quantitative estimate of drug-likeness (QED) is 0.815. The highest BCUT2D eigenvalue weighted by Crippen LogP contribution is 2.22. The van der Waals surface area contributed by atoms with Crippen LogP contribution in [0.5, 0.6) is 0 Å². The van der Waals surface area contributed by atoms with Crippen LogP contribution >= 0.6 is 0 Å². The average molecular weight is 251 g/mol. The van der Waals surface area contributed by atoms with E-state index in [9.17, 15) is 4.79 Å². The maximum absolute atomic E-state index is 12.2. The zero-order chi connectivity index (χ0) is 13.7. The van der Waals surface area contributed by atoms with Gasteiger partial charge in [-0.25, -0.2) is 0 Å². The molecule has 18 heavy (non-hydrogen) atoms. The second-order valence-corrected chi connectivity index (χ2v) is 5.53. The van der Waals surface area contributed by atoms with Gasteiger partial charge in [0.1, 0.15) is 0 Å². The second-order valence-electron chi connectivity index (χ2n) is 5.53. The fourth-order valence-corrected chi connectivity index (χ4v) is 2.41. The molecule has 1 aromatic rings. The van der Waals surface area contributed by atoms with E-state index >= 15 is 0 Å². The van der Waals surface area contributed by atoms with Gasteiger partial charge in [0.05, 0.1) is 0 Å². The summed E-state index contributed by atoms with van der Waals surface area (Å²) in [6.07, 6.45) is 2.02. The molecule has 0 spiro atoms. The summed E-state index contributed by atoms with van der Waals surface area (Å²) in [5.74, 6) is 1.39. The SMILES string of the molecule is CCCc1cc(NC(=O)C(C(C)C)C(C)C)n[nH]1. The predicted molar refractivity (Wildman–Crippen MR) is 74.4 cm³/mol. The Labute approximate surface area is 110 Å². The zero-order valence-electron chi connectivity index (χ0n) is 12.1. The van der Waals surface area contributed by atoms with Gasteiger partial charge in [0, 0.05) is 17.7 Å². The third-order valence-electron chi connectivity index (χ3n) is 3.14. The Kier molecular flexibility index (Phi) is 5.38. The van der Waals surface area contributed by atoms with Crippen molar-refractivity contribution < 1.29 is 4.79 Å². The molecule has 1 rings (SSSR count). The van der Waals surface area contributed by atoms with Crippen molar-refractivity contribution >= 4 is 11.7 Å². The molecule has 4 heteroatoms. The number of rotatable bonds is 6. The van der Waals surface area contributed by atoms with E-state index in [1.54, 1.807) is 0 Å². The second kappa shape index (κ2) is 6.57. The van der Waals surface area contributed by atoms with Gasteiger partial charge in [-0.1, -0.05) is 41.0 Å². The molecule has 0 unspecified atom stereocenters. The standard InChI is InChI=1S/C14H25N3O/c1-6-7-11-8-12(17-16-11)15-14(18)13(9(2)3)10(4)5/h8-10,13H,6-7H2,1-5H3,(H2,15,16,17,18). The molecule has 0 atom stereocenters. The van der Waals surface area contributed by atoms with E-state index in [0.29, 0.717) is 17.7 Å². The van der Waals surface area contributed by atoms with Crippen molar-refractivity contribution in [1.82, 2.24) is 10.2 Å². The summed E-state index contributed by atoms with van der Waals surface area (Å²) < 4.78 is 0. The Balaban J connectivity index is 2.67. The van der Waals surface area contributed by atoms with Crippen molar-refractivity contribution in [2.45, 2.75) is 47.5 Å². The minimum Gasteiger partial charge on any atom is -0.309 e. The molecule has 0 aliphatic carbocycles. The van der Waals surface area contributed by atoms with E-state index < -0.39 is 0 Å². The fraction of sp³-hybridized carbons (Fsp3) is 0.714. The number of hydrogen-bond acceptors (Lipinski definition) is 2. The molecule has 0 radical (unpaired) electrons. The largest absolute Gasteiger partial charge is 0.309 e. The van der Waals surface area contributed by atoms with E-state index in [1.165, 1.54) is 0 Å². The Bertz CT molecular complexity index is 374. The maximum Gasteiger partial charge on any atom is 0.229 e.